The highest BCUT2D eigenvalue weighted by molar-refractivity contribution is 5.88. The van der Waals surface area contributed by atoms with Crippen LogP contribution in [0.1, 0.15) is 47.6 Å². The molecule has 1 unspecified atom stereocenters. The average molecular weight is 468 g/mol. The van der Waals surface area contributed by atoms with Gasteiger partial charge in [0.15, 0.2) is 0 Å². The summed E-state index contributed by atoms with van der Waals surface area (Å²) < 4.78 is 0. The normalized spacial score (nSPS) is 31.7. The molecule has 7 nitrogen and oxygen atoms in total. The second kappa shape index (κ2) is 7.64. The van der Waals surface area contributed by atoms with Gasteiger partial charge in [-0.2, -0.15) is 5.26 Å². The lowest BCUT2D eigenvalue weighted by Crippen LogP contribution is -2.57. The summed E-state index contributed by atoms with van der Waals surface area (Å²) in [5.41, 5.74) is 11.4. The molecule has 6 atom stereocenters. The number of nitriles is 1. The van der Waals surface area contributed by atoms with E-state index in [1.54, 1.807) is 4.90 Å². The van der Waals surface area contributed by atoms with Crippen molar-refractivity contribution in [3.63, 3.8) is 0 Å². The summed E-state index contributed by atoms with van der Waals surface area (Å²) in [5.74, 6) is 0.467. The van der Waals surface area contributed by atoms with Crippen molar-refractivity contribution in [2.24, 2.45) is 11.7 Å². The number of piperidine rings is 1. The van der Waals surface area contributed by atoms with E-state index in [1.165, 1.54) is 22.3 Å². The highest BCUT2D eigenvalue weighted by Crippen LogP contribution is 2.48. The number of hydrogen-bond donors (Lipinski definition) is 1. The van der Waals surface area contributed by atoms with Crippen molar-refractivity contribution in [2.45, 2.75) is 61.9 Å². The molecule has 4 fully saturated rings. The molecule has 3 aliphatic heterocycles. The Balaban J connectivity index is 1.11. The van der Waals surface area contributed by atoms with Crippen LogP contribution in [-0.4, -0.2) is 69.8 Å². The Morgan fingerprint density at radius 2 is 1.74 bits per heavy atom. The van der Waals surface area contributed by atoms with Crippen molar-refractivity contribution in [1.82, 2.24) is 14.7 Å². The SMILES string of the molecule is N#C[C@@H]1C[C@@H]2C[C@@H]2N1C(=O)[C@@H](N)CN1CC2C[C@@H]1C(=O)N2C1c2ccccc2Cc2ccccc21. The van der Waals surface area contributed by atoms with E-state index >= 15 is 0 Å². The zero-order valence-corrected chi connectivity index (χ0v) is 19.6. The van der Waals surface area contributed by atoms with Crippen molar-refractivity contribution in [3.8, 4) is 6.07 Å². The smallest absolute Gasteiger partial charge is 0.242 e. The molecule has 2 amide bonds. The predicted molar refractivity (Wildman–Crippen MR) is 129 cm³/mol. The number of nitrogens with zero attached hydrogens (tertiary/aromatic N) is 4. The molecule has 0 aromatic heterocycles. The number of fused-ring (bicyclic) bond motifs is 5. The van der Waals surface area contributed by atoms with Crippen LogP contribution in [0.25, 0.3) is 0 Å². The molecule has 0 radical (unpaired) electrons. The molecule has 1 saturated carbocycles. The standard InChI is InChI=1S/C28H29N5O2/c29-13-19-10-18-11-24(18)32(19)27(34)23(30)15-31-14-20-12-25(31)28(35)33(20)26-21-7-3-1-5-16(21)9-17-6-2-4-8-22(17)26/h1-8,18-20,23-26H,9-12,14-15,30H2/t18-,19+,20?,23+,24+,25-/m1/s1. The van der Waals surface area contributed by atoms with Gasteiger partial charge in [-0.3, -0.25) is 14.5 Å². The number of hydrogen-bond acceptors (Lipinski definition) is 5. The van der Waals surface area contributed by atoms with Gasteiger partial charge in [-0.05, 0) is 53.9 Å². The number of amides is 2. The molecule has 0 spiro atoms. The monoisotopic (exact) mass is 467 g/mol. The Morgan fingerprint density at radius 1 is 1.06 bits per heavy atom. The largest absolute Gasteiger partial charge is 0.326 e. The van der Waals surface area contributed by atoms with Crippen LogP contribution in [0.5, 0.6) is 0 Å². The Labute approximate surface area is 205 Å². The summed E-state index contributed by atoms with van der Waals surface area (Å²) in [4.78, 5) is 32.8. The van der Waals surface area contributed by atoms with Gasteiger partial charge in [0.05, 0.1) is 24.2 Å². The minimum Gasteiger partial charge on any atom is -0.326 e. The molecule has 3 saturated heterocycles. The summed E-state index contributed by atoms with van der Waals surface area (Å²) in [7, 11) is 0. The molecule has 7 heteroatoms. The molecule has 7 rings (SSSR count). The lowest BCUT2D eigenvalue weighted by atomic mass is 9.81. The van der Waals surface area contributed by atoms with Crippen LogP contribution < -0.4 is 5.73 Å². The summed E-state index contributed by atoms with van der Waals surface area (Å²) >= 11 is 0. The van der Waals surface area contributed by atoms with E-state index in [4.69, 9.17) is 5.73 Å². The van der Waals surface area contributed by atoms with E-state index in [0.29, 0.717) is 12.5 Å². The number of rotatable bonds is 4. The van der Waals surface area contributed by atoms with E-state index in [1.807, 2.05) is 0 Å². The first-order chi connectivity index (χ1) is 17.0. The van der Waals surface area contributed by atoms with Gasteiger partial charge in [-0.25, -0.2) is 0 Å². The van der Waals surface area contributed by atoms with Crippen molar-refractivity contribution in [3.05, 3.63) is 70.8 Å². The molecule has 2 N–H and O–H groups in total. The molecule has 2 aromatic carbocycles. The zero-order chi connectivity index (χ0) is 23.8. The number of carbonyl (C=O) groups is 2. The minimum absolute atomic E-state index is 0.0658. The van der Waals surface area contributed by atoms with Crippen LogP contribution in [0.3, 0.4) is 0 Å². The lowest BCUT2D eigenvalue weighted by Gasteiger charge is -2.42. The van der Waals surface area contributed by atoms with E-state index in [2.05, 4.69) is 64.4 Å². The van der Waals surface area contributed by atoms with Crippen LogP contribution in [0.15, 0.2) is 48.5 Å². The third kappa shape index (κ3) is 3.10. The molecule has 3 heterocycles. The maximum atomic E-state index is 13.8. The molecule has 35 heavy (non-hydrogen) atoms. The van der Waals surface area contributed by atoms with Crippen LogP contribution in [0.4, 0.5) is 0 Å². The molecular formula is C28H29N5O2. The first-order valence-corrected chi connectivity index (χ1v) is 12.7. The third-order valence-electron chi connectivity index (χ3n) is 8.93. The predicted octanol–water partition coefficient (Wildman–Crippen LogP) is 1.81. The first kappa shape index (κ1) is 21.1. The second-order valence-corrected chi connectivity index (χ2v) is 10.9. The fraction of sp³-hybridized carbons (Fsp3) is 0.464. The van der Waals surface area contributed by atoms with Crippen molar-refractivity contribution >= 4 is 11.8 Å². The van der Waals surface area contributed by atoms with Gasteiger partial charge in [0, 0.05) is 25.2 Å². The number of carbonyl (C=O) groups excluding carboxylic acids is 2. The highest BCUT2D eigenvalue weighted by atomic mass is 16.2. The Hall–Kier alpha value is -3.21. The minimum atomic E-state index is -0.707. The summed E-state index contributed by atoms with van der Waals surface area (Å²) in [5, 5.41) is 9.46. The van der Waals surface area contributed by atoms with Gasteiger partial charge in [0.25, 0.3) is 0 Å². The van der Waals surface area contributed by atoms with Crippen molar-refractivity contribution < 1.29 is 9.59 Å². The fourth-order valence-electron chi connectivity index (χ4n) is 7.24. The molecular weight excluding hydrogens is 438 g/mol. The fourth-order valence-corrected chi connectivity index (χ4v) is 7.24. The maximum Gasteiger partial charge on any atom is 0.242 e. The van der Waals surface area contributed by atoms with Gasteiger partial charge in [0.2, 0.25) is 11.8 Å². The van der Waals surface area contributed by atoms with E-state index in [-0.39, 0.29) is 42.0 Å². The lowest BCUT2D eigenvalue weighted by molar-refractivity contribution is -0.140. The third-order valence-corrected chi connectivity index (χ3v) is 8.93. The average Bonchev–Trinajstić information content (AvgIpc) is 3.19. The van der Waals surface area contributed by atoms with E-state index in [0.717, 1.165) is 32.2 Å². The van der Waals surface area contributed by atoms with E-state index in [9.17, 15) is 14.9 Å². The second-order valence-electron chi connectivity index (χ2n) is 10.9. The van der Waals surface area contributed by atoms with Gasteiger partial charge >= 0.3 is 0 Å². The van der Waals surface area contributed by atoms with Gasteiger partial charge in [-0.1, -0.05) is 48.5 Å². The highest BCUT2D eigenvalue weighted by Gasteiger charge is 2.56. The summed E-state index contributed by atoms with van der Waals surface area (Å²) in [6, 6.07) is 18.1. The quantitative estimate of drug-likeness (QED) is 0.740. The van der Waals surface area contributed by atoms with Crippen LogP contribution in [-0.2, 0) is 16.0 Å². The molecule has 5 aliphatic rings. The van der Waals surface area contributed by atoms with Gasteiger partial charge < -0.3 is 15.5 Å². The van der Waals surface area contributed by atoms with Crippen LogP contribution in [0, 0.1) is 17.2 Å². The summed E-state index contributed by atoms with van der Waals surface area (Å²) in [6.07, 6.45) is 3.43. The molecule has 2 aliphatic carbocycles. The Morgan fingerprint density at radius 3 is 2.40 bits per heavy atom. The maximum absolute atomic E-state index is 13.8. The Kier molecular flexibility index (Phi) is 4.61. The van der Waals surface area contributed by atoms with Crippen LogP contribution >= 0.6 is 0 Å². The Bertz CT molecular complexity index is 1220. The molecule has 178 valence electrons. The van der Waals surface area contributed by atoms with Gasteiger partial charge in [0.1, 0.15) is 6.04 Å². The van der Waals surface area contributed by atoms with Crippen molar-refractivity contribution in [1.29, 1.82) is 5.26 Å². The summed E-state index contributed by atoms with van der Waals surface area (Å²) in [6.45, 7) is 1.09. The van der Waals surface area contributed by atoms with Crippen molar-refractivity contribution in [2.75, 3.05) is 13.1 Å². The number of likely N-dealkylation sites (tertiary alicyclic amines) is 3. The van der Waals surface area contributed by atoms with Gasteiger partial charge in [-0.15, -0.1) is 0 Å². The zero-order valence-electron chi connectivity index (χ0n) is 19.6. The van der Waals surface area contributed by atoms with E-state index < -0.39 is 6.04 Å². The first-order valence-electron chi connectivity index (χ1n) is 12.7. The number of nitrogens with two attached hydrogens (primary N) is 1. The molecule has 2 bridgehead atoms. The number of benzene rings is 2. The van der Waals surface area contributed by atoms with Crippen LogP contribution in [0.2, 0.25) is 0 Å². The molecule has 2 aromatic rings. The topological polar surface area (TPSA) is 93.7 Å². The number of piperazine rings is 1.